The van der Waals surface area contributed by atoms with Crippen LogP contribution in [0.3, 0.4) is 0 Å². The highest BCUT2D eigenvalue weighted by atomic mass is 16.7. The van der Waals surface area contributed by atoms with Gasteiger partial charge < -0.3 is 5.11 Å². The molecular weight excluding hydrogens is 190 g/mol. The largest absolute Gasteiger partial charge is 0.479 e. The van der Waals surface area contributed by atoms with Gasteiger partial charge in [-0.05, 0) is 0 Å². The zero-order chi connectivity index (χ0) is 10.6. The van der Waals surface area contributed by atoms with Gasteiger partial charge in [-0.25, -0.2) is 10.3 Å². The molecule has 0 saturated heterocycles. The molecule has 1 aromatic rings. The van der Waals surface area contributed by atoms with E-state index in [2.05, 4.69) is 9.94 Å². The maximum Gasteiger partial charge on any atom is 0.332 e. The molecule has 0 atom stereocenters. The van der Waals surface area contributed by atoms with E-state index in [1.165, 1.54) is 17.1 Å². The van der Waals surface area contributed by atoms with E-state index in [0.29, 0.717) is 5.56 Å². The van der Waals surface area contributed by atoms with Crippen LogP contribution in [-0.2, 0) is 16.7 Å². The summed E-state index contributed by atoms with van der Waals surface area (Å²) in [5, 5.41) is 12.0. The highest BCUT2D eigenvalue weighted by Gasteiger charge is 2.07. The number of amides is 1. The molecule has 0 saturated carbocycles. The van der Waals surface area contributed by atoms with Crippen molar-refractivity contribution in [2.24, 2.45) is 7.05 Å². The second-order valence-electron chi connectivity index (χ2n) is 2.52. The number of hydroxylamine groups is 1. The van der Waals surface area contributed by atoms with Crippen LogP contribution in [0.1, 0.15) is 10.4 Å². The Morgan fingerprint density at radius 3 is 2.93 bits per heavy atom. The second kappa shape index (κ2) is 4.38. The van der Waals surface area contributed by atoms with Gasteiger partial charge in [-0.2, -0.15) is 5.10 Å². The number of nitrogens with one attached hydrogen (secondary N) is 1. The van der Waals surface area contributed by atoms with Gasteiger partial charge in [0.05, 0.1) is 11.8 Å². The average molecular weight is 199 g/mol. The van der Waals surface area contributed by atoms with Crippen LogP contribution in [0.4, 0.5) is 0 Å². The zero-order valence-electron chi connectivity index (χ0n) is 7.43. The standard InChI is InChI=1S/C7H9N3O4/c1-10-3-5(2-8-10)7(13)9-14-4-6(11)12/h2-3H,4H2,1H3,(H,9,13)(H,11,12). The number of rotatable bonds is 4. The molecule has 1 aromatic heterocycles. The number of nitrogens with zero attached hydrogens (tertiary/aromatic N) is 2. The molecule has 0 fully saturated rings. The number of hydrogen-bond donors (Lipinski definition) is 2. The predicted octanol–water partition coefficient (Wildman–Crippen LogP) is -0.834. The fourth-order valence-electron chi connectivity index (χ4n) is 0.761. The number of carbonyl (C=O) groups is 2. The van der Waals surface area contributed by atoms with Gasteiger partial charge >= 0.3 is 5.97 Å². The predicted molar refractivity (Wildman–Crippen MR) is 44.3 cm³/mol. The van der Waals surface area contributed by atoms with Gasteiger partial charge in [0.2, 0.25) is 0 Å². The SMILES string of the molecule is Cn1cc(C(=O)NOCC(=O)O)cn1. The van der Waals surface area contributed by atoms with Crippen LogP contribution in [0.2, 0.25) is 0 Å². The fraction of sp³-hybridized carbons (Fsp3) is 0.286. The van der Waals surface area contributed by atoms with Crippen LogP contribution in [-0.4, -0.2) is 33.4 Å². The van der Waals surface area contributed by atoms with E-state index in [1.54, 1.807) is 7.05 Å². The first-order valence-corrected chi connectivity index (χ1v) is 3.72. The lowest BCUT2D eigenvalue weighted by atomic mass is 10.3. The topological polar surface area (TPSA) is 93.5 Å². The van der Waals surface area contributed by atoms with E-state index in [1.807, 2.05) is 5.48 Å². The molecule has 1 heterocycles. The summed E-state index contributed by atoms with van der Waals surface area (Å²) in [5.74, 6) is -1.68. The maximum atomic E-state index is 11.2. The van der Waals surface area contributed by atoms with E-state index < -0.39 is 18.5 Å². The summed E-state index contributed by atoms with van der Waals surface area (Å²) >= 11 is 0. The molecule has 7 heteroatoms. The van der Waals surface area contributed by atoms with E-state index in [4.69, 9.17) is 5.11 Å². The fourth-order valence-corrected chi connectivity index (χ4v) is 0.761. The number of aryl methyl sites for hydroxylation is 1. The second-order valence-corrected chi connectivity index (χ2v) is 2.52. The molecule has 7 nitrogen and oxygen atoms in total. The Balaban J connectivity index is 2.39. The van der Waals surface area contributed by atoms with Gasteiger partial charge in [0.25, 0.3) is 5.91 Å². The van der Waals surface area contributed by atoms with Crippen molar-refractivity contribution >= 4 is 11.9 Å². The van der Waals surface area contributed by atoms with Crippen molar-refractivity contribution in [3.63, 3.8) is 0 Å². The summed E-state index contributed by atoms with van der Waals surface area (Å²) in [6.07, 6.45) is 2.83. The summed E-state index contributed by atoms with van der Waals surface area (Å²) in [5.41, 5.74) is 2.27. The molecule has 0 aliphatic rings. The lowest BCUT2D eigenvalue weighted by molar-refractivity contribution is -0.144. The van der Waals surface area contributed by atoms with Crippen molar-refractivity contribution in [2.75, 3.05) is 6.61 Å². The number of carbonyl (C=O) groups excluding carboxylic acids is 1. The zero-order valence-corrected chi connectivity index (χ0v) is 7.43. The first-order valence-electron chi connectivity index (χ1n) is 3.72. The molecule has 0 radical (unpaired) electrons. The van der Waals surface area contributed by atoms with Crippen molar-refractivity contribution < 1.29 is 19.5 Å². The summed E-state index contributed by atoms with van der Waals surface area (Å²) < 4.78 is 1.45. The van der Waals surface area contributed by atoms with E-state index in [9.17, 15) is 9.59 Å². The van der Waals surface area contributed by atoms with Crippen molar-refractivity contribution in [2.45, 2.75) is 0 Å². The monoisotopic (exact) mass is 199 g/mol. The minimum atomic E-state index is -1.16. The Hall–Kier alpha value is -1.89. The molecule has 76 valence electrons. The lowest BCUT2D eigenvalue weighted by Gasteiger charge is -2.00. The molecule has 0 aliphatic heterocycles. The van der Waals surface area contributed by atoms with Gasteiger partial charge in [0.1, 0.15) is 0 Å². The van der Waals surface area contributed by atoms with Gasteiger partial charge in [0.15, 0.2) is 6.61 Å². The Bertz CT molecular complexity index is 346. The molecule has 0 unspecified atom stereocenters. The van der Waals surface area contributed by atoms with Crippen LogP contribution in [0.5, 0.6) is 0 Å². The van der Waals surface area contributed by atoms with E-state index in [-0.39, 0.29) is 0 Å². The highest BCUT2D eigenvalue weighted by molar-refractivity contribution is 5.92. The van der Waals surface area contributed by atoms with Crippen LogP contribution < -0.4 is 5.48 Å². The summed E-state index contributed by atoms with van der Waals surface area (Å²) in [7, 11) is 1.66. The first-order chi connectivity index (χ1) is 6.59. The van der Waals surface area contributed by atoms with E-state index in [0.717, 1.165) is 0 Å². The van der Waals surface area contributed by atoms with Crippen LogP contribution in [0.25, 0.3) is 0 Å². The van der Waals surface area contributed by atoms with Crippen LogP contribution >= 0.6 is 0 Å². The number of carboxylic acid groups (broad SMARTS) is 1. The normalized spacial score (nSPS) is 9.79. The quantitative estimate of drug-likeness (QED) is 0.617. The minimum absolute atomic E-state index is 0.304. The van der Waals surface area contributed by atoms with Gasteiger partial charge in [-0.1, -0.05) is 0 Å². The Kier molecular flexibility index (Phi) is 3.19. The number of aliphatic carboxylic acids is 1. The number of carboxylic acids is 1. The van der Waals surface area contributed by atoms with Crippen LogP contribution in [0, 0.1) is 0 Å². The first kappa shape index (κ1) is 10.2. The maximum absolute atomic E-state index is 11.2. The third kappa shape index (κ3) is 2.87. The Labute approximate surface area is 79.2 Å². The van der Waals surface area contributed by atoms with Gasteiger partial charge in [-0.15, -0.1) is 0 Å². The molecule has 1 amide bonds. The third-order valence-electron chi connectivity index (χ3n) is 1.33. The van der Waals surface area contributed by atoms with E-state index >= 15 is 0 Å². The van der Waals surface area contributed by atoms with Gasteiger partial charge in [0, 0.05) is 13.2 Å². The Morgan fingerprint density at radius 2 is 2.43 bits per heavy atom. The minimum Gasteiger partial charge on any atom is -0.479 e. The lowest BCUT2D eigenvalue weighted by Crippen LogP contribution is -2.26. The Morgan fingerprint density at radius 1 is 1.71 bits per heavy atom. The molecule has 0 aromatic carbocycles. The smallest absolute Gasteiger partial charge is 0.332 e. The molecule has 0 bridgehead atoms. The van der Waals surface area contributed by atoms with Crippen molar-refractivity contribution in [1.82, 2.24) is 15.3 Å². The highest BCUT2D eigenvalue weighted by Crippen LogP contribution is 1.94. The van der Waals surface area contributed by atoms with Gasteiger partial charge in [-0.3, -0.25) is 14.3 Å². The van der Waals surface area contributed by atoms with Crippen molar-refractivity contribution in [3.8, 4) is 0 Å². The summed E-state index contributed by atoms with van der Waals surface area (Å²) in [4.78, 5) is 25.6. The number of aromatic nitrogens is 2. The van der Waals surface area contributed by atoms with Crippen LogP contribution in [0.15, 0.2) is 12.4 Å². The molecule has 1 rings (SSSR count). The molecule has 0 aliphatic carbocycles. The molecule has 0 spiro atoms. The number of hydrogen-bond acceptors (Lipinski definition) is 4. The van der Waals surface area contributed by atoms with Crippen molar-refractivity contribution in [3.05, 3.63) is 18.0 Å². The van der Waals surface area contributed by atoms with Crippen molar-refractivity contribution in [1.29, 1.82) is 0 Å². The summed E-state index contributed by atoms with van der Waals surface area (Å²) in [6.45, 7) is -0.577. The average Bonchev–Trinajstić information content (AvgIpc) is 2.51. The molecular formula is C7H9N3O4. The summed E-state index contributed by atoms with van der Waals surface area (Å²) in [6, 6.07) is 0. The molecule has 14 heavy (non-hydrogen) atoms. The third-order valence-corrected chi connectivity index (χ3v) is 1.33. The molecule has 2 N–H and O–H groups in total.